The third-order valence-corrected chi connectivity index (χ3v) is 6.49. The Balaban J connectivity index is 2.02. The average molecular weight is 409 g/mol. The van der Waals surface area contributed by atoms with Crippen molar-refractivity contribution in [1.29, 1.82) is 0 Å². The van der Waals surface area contributed by atoms with Crippen molar-refractivity contribution in [2.24, 2.45) is 0 Å². The zero-order valence-electron chi connectivity index (χ0n) is 15.8. The van der Waals surface area contributed by atoms with Crippen molar-refractivity contribution in [1.82, 2.24) is 9.62 Å². The molecule has 5 nitrogen and oxygen atoms in total. The molecule has 0 aliphatic carbocycles. The van der Waals surface area contributed by atoms with Gasteiger partial charge < -0.3 is 5.32 Å². The van der Waals surface area contributed by atoms with E-state index >= 15 is 0 Å². The van der Waals surface area contributed by atoms with Crippen molar-refractivity contribution in [2.45, 2.75) is 38.1 Å². The van der Waals surface area contributed by atoms with E-state index in [1.165, 1.54) is 42.4 Å². The maximum absolute atomic E-state index is 12.5. The topological polar surface area (TPSA) is 66.5 Å². The van der Waals surface area contributed by atoms with E-state index in [1.54, 1.807) is 0 Å². The van der Waals surface area contributed by atoms with E-state index in [4.69, 9.17) is 11.6 Å². The normalized spacial score (nSPS) is 11.6. The number of aryl methyl sites for hydroxylation is 2. The molecule has 0 bridgehead atoms. The van der Waals surface area contributed by atoms with Gasteiger partial charge in [-0.25, -0.2) is 8.42 Å². The van der Waals surface area contributed by atoms with Crippen LogP contribution in [-0.2, 0) is 34.2 Å². The SMILES string of the molecule is CCc1ccc(CC)c(CNC(=O)CN(C)S(=O)(=O)c2ccc(Cl)cc2)c1. The number of carbonyl (C=O) groups excluding carboxylic acids is 1. The number of hydrogen-bond donors (Lipinski definition) is 1. The lowest BCUT2D eigenvalue weighted by molar-refractivity contribution is -0.121. The monoisotopic (exact) mass is 408 g/mol. The van der Waals surface area contributed by atoms with Gasteiger partial charge in [0, 0.05) is 18.6 Å². The summed E-state index contributed by atoms with van der Waals surface area (Å²) in [5, 5.41) is 3.28. The van der Waals surface area contributed by atoms with Crippen molar-refractivity contribution in [3.05, 3.63) is 64.2 Å². The molecule has 0 saturated carbocycles. The molecular weight excluding hydrogens is 384 g/mol. The van der Waals surface area contributed by atoms with Crippen LogP contribution in [0.15, 0.2) is 47.4 Å². The number of nitrogens with zero attached hydrogens (tertiary/aromatic N) is 1. The molecule has 2 aromatic carbocycles. The summed E-state index contributed by atoms with van der Waals surface area (Å²) < 4.78 is 26.1. The lowest BCUT2D eigenvalue weighted by Gasteiger charge is -2.17. The van der Waals surface area contributed by atoms with Gasteiger partial charge in [-0.05, 0) is 53.8 Å². The fraction of sp³-hybridized carbons (Fsp3) is 0.350. The lowest BCUT2D eigenvalue weighted by atomic mass is 10.0. The Kier molecular flexibility index (Phi) is 7.41. The summed E-state index contributed by atoms with van der Waals surface area (Å²) in [6, 6.07) is 12.1. The van der Waals surface area contributed by atoms with Crippen LogP contribution in [0.1, 0.15) is 30.5 Å². The molecule has 146 valence electrons. The van der Waals surface area contributed by atoms with Gasteiger partial charge in [-0.3, -0.25) is 4.79 Å². The zero-order chi connectivity index (χ0) is 20.0. The Bertz CT molecular complexity index is 896. The number of nitrogens with one attached hydrogen (secondary N) is 1. The molecule has 1 N–H and O–H groups in total. The molecule has 0 unspecified atom stereocenters. The molecule has 0 saturated heterocycles. The highest BCUT2D eigenvalue weighted by Gasteiger charge is 2.22. The minimum absolute atomic E-state index is 0.103. The zero-order valence-corrected chi connectivity index (χ0v) is 17.4. The second kappa shape index (κ2) is 9.35. The Morgan fingerprint density at radius 1 is 1.04 bits per heavy atom. The van der Waals surface area contributed by atoms with Crippen LogP contribution in [0.3, 0.4) is 0 Å². The standard InChI is InChI=1S/C20H25ClN2O3S/c1-4-15-6-7-16(5-2)17(12-15)13-22-20(24)14-23(3)27(25,26)19-10-8-18(21)9-11-19/h6-12H,4-5,13-14H2,1-3H3,(H,22,24). The smallest absolute Gasteiger partial charge is 0.243 e. The first-order valence-electron chi connectivity index (χ1n) is 8.87. The molecule has 27 heavy (non-hydrogen) atoms. The minimum atomic E-state index is -3.74. The number of likely N-dealkylation sites (N-methyl/N-ethyl adjacent to an activating group) is 1. The summed E-state index contributed by atoms with van der Waals surface area (Å²) in [5.41, 5.74) is 3.45. The molecule has 7 heteroatoms. The molecular formula is C20H25ClN2O3S. The second-order valence-electron chi connectivity index (χ2n) is 6.30. The third kappa shape index (κ3) is 5.54. The highest BCUT2D eigenvalue weighted by Crippen LogP contribution is 2.17. The summed E-state index contributed by atoms with van der Waals surface area (Å²) in [5.74, 6) is -0.348. The van der Waals surface area contributed by atoms with Crippen LogP contribution in [0.25, 0.3) is 0 Å². The molecule has 0 heterocycles. The Labute approximate surface area is 166 Å². The summed E-state index contributed by atoms with van der Waals surface area (Å²) in [6.07, 6.45) is 1.80. The van der Waals surface area contributed by atoms with Crippen LogP contribution in [0.2, 0.25) is 5.02 Å². The number of sulfonamides is 1. The predicted molar refractivity (Wildman–Crippen MR) is 108 cm³/mol. The number of carbonyl (C=O) groups is 1. The van der Waals surface area contributed by atoms with E-state index in [9.17, 15) is 13.2 Å². The van der Waals surface area contributed by atoms with Crippen molar-refractivity contribution in [2.75, 3.05) is 13.6 Å². The first-order chi connectivity index (χ1) is 12.8. The Hall–Kier alpha value is -1.89. The van der Waals surface area contributed by atoms with Gasteiger partial charge in [-0.1, -0.05) is 43.6 Å². The summed E-state index contributed by atoms with van der Waals surface area (Å²) in [4.78, 5) is 12.4. The first kappa shape index (κ1) is 21.4. The van der Waals surface area contributed by atoms with E-state index in [0.29, 0.717) is 11.6 Å². The van der Waals surface area contributed by atoms with Gasteiger partial charge in [-0.15, -0.1) is 0 Å². The van der Waals surface area contributed by atoms with Gasteiger partial charge in [0.2, 0.25) is 15.9 Å². The van der Waals surface area contributed by atoms with Crippen LogP contribution in [0.5, 0.6) is 0 Å². The van der Waals surface area contributed by atoms with Gasteiger partial charge >= 0.3 is 0 Å². The number of benzene rings is 2. The quantitative estimate of drug-likeness (QED) is 0.727. The number of hydrogen-bond acceptors (Lipinski definition) is 3. The minimum Gasteiger partial charge on any atom is -0.351 e. The van der Waals surface area contributed by atoms with Crippen LogP contribution in [0.4, 0.5) is 0 Å². The van der Waals surface area contributed by atoms with Crippen LogP contribution >= 0.6 is 11.6 Å². The molecule has 1 amide bonds. The summed E-state index contributed by atoms with van der Waals surface area (Å²) in [7, 11) is -2.36. The van der Waals surface area contributed by atoms with E-state index in [2.05, 4.69) is 37.4 Å². The molecule has 0 aromatic heterocycles. The fourth-order valence-corrected chi connectivity index (χ4v) is 3.99. The first-order valence-corrected chi connectivity index (χ1v) is 10.7. The van der Waals surface area contributed by atoms with Crippen molar-refractivity contribution in [3.8, 4) is 0 Å². The fourth-order valence-electron chi connectivity index (χ4n) is 2.73. The number of halogens is 1. The molecule has 2 rings (SSSR count). The maximum atomic E-state index is 12.5. The van der Waals surface area contributed by atoms with Crippen molar-refractivity contribution >= 4 is 27.5 Å². The predicted octanol–water partition coefficient (Wildman–Crippen LogP) is 3.40. The molecule has 0 atom stereocenters. The largest absolute Gasteiger partial charge is 0.351 e. The lowest BCUT2D eigenvalue weighted by Crippen LogP contribution is -2.38. The molecule has 0 fully saturated rings. The van der Waals surface area contributed by atoms with Gasteiger partial charge in [-0.2, -0.15) is 4.31 Å². The Morgan fingerprint density at radius 3 is 2.30 bits per heavy atom. The van der Waals surface area contributed by atoms with E-state index < -0.39 is 10.0 Å². The van der Waals surface area contributed by atoms with Crippen LogP contribution < -0.4 is 5.32 Å². The number of rotatable bonds is 8. The van der Waals surface area contributed by atoms with Gasteiger partial charge in [0.15, 0.2) is 0 Å². The molecule has 0 spiro atoms. The molecule has 0 aliphatic heterocycles. The average Bonchev–Trinajstić information content (AvgIpc) is 2.66. The Morgan fingerprint density at radius 2 is 1.70 bits per heavy atom. The number of amides is 1. The van der Waals surface area contributed by atoms with E-state index in [-0.39, 0.29) is 17.3 Å². The maximum Gasteiger partial charge on any atom is 0.243 e. The van der Waals surface area contributed by atoms with Gasteiger partial charge in [0.25, 0.3) is 0 Å². The van der Waals surface area contributed by atoms with Gasteiger partial charge in [0.1, 0.15) is 0 Å². The van der Waals surface area contributed by atoms with Crippen LogP contribution in [-0.4, -0.2) is 32.2 Å². The molecule has 0 radical (unpaired) electrons. The van der Waals surface area contributed by atoms with Crippen LogP contribution in [0, 0.1) is 0 Å². The second-order valence-corrected chi connectivity index (χ2v) is 8.78. The molecule has 2 aromatic rings. The van der Waals surface area contributed by atoms with E-state index in [0.717, 1.165) is 22.7 Å². The summed E-state index contributed by atoms with van der Waals surface area (Å²) in [6.45, 7) is 4.28. The third-order valence-electron chi connectivity index (χ3n) is 4.42. The summed E-state index contributed by atoms with van der Waals surface area (Å²) >= 11 is 5.80. The van der Waals surface area contributed by atoms with E-state index in [1.807, 2.05) is 0 Å². The highest BCUT2D eigenvalue weighted by atomic mass is 35.5. The van der Waals surface area contributed by atoms with Crippen molar-refractivity contribution in [3.63, 3.8) is 0 Å². The van der Waals surface area contributed by atoms with Crippen molar-refractivity contribution < 1.29 is 13.2 Å². The molecule has 0 aliphatic rings. The highest BCUT2D eigenvalue weighted by molar-refractivity contribution is 7.89. The van der Waals surface area contributed by atoms with Gasteiger partial charge in [0.05, 0.1) is 11.4 Å².